The summed E-state index contributed by atoms with van der Waals surface area (Å²) in [5, 5.41) is 0.799. The number of amides is 1. The molecule has 0 fully saturated rings. The van der Waals surface area contributed by atoms with Gasteiger partial charge in [0.25, 0.3) is 5.91 Å². The average Bonchev–Trinajstić information content (AvgIpc) is 2.60. The summed E-state index contributed by atoms with van der Waals surface area (Å²) in [6.07, 6.45) is 1.02. The fourth-order valence-electron chi connectivity index (χ4n) is 1.23. The number of primary amides is 1. The van der Waals surface area contributed by atoms with Crippen molar-refractivity contribution in [3.05, 3.63) is 16.5 Å². The van der Waals surface area contributed by atoms with Gasteiger partial charge in [0.2, 0.25) is 0 Å². The van der Waals surface area contributed by atoms with Crippen LogP contribution in [0, 0.1) is 0 Å². The van der Waals surface area contributed by atoms with Gasteiger partial charge in [0.15, 0.2) is 5.06 Å². The molecule has 0 radical (unpaired) electrons. The molecule has 4 heteroatoms. The minimum atomic E-state index is -0.386. The van der Waals surface area contributed by atoms with Gasteiger partial charge in [-0.2, -0.15) is 0 Å². The molecule has 2 N–H and O–H groups in total. The highest BCUT2D eigenvalue weighted by molar-refractivity contribution is 7.16. The third kappa shape index (κ3) is 2.07. The second kappa shape index (κ2) is 4.46. The first-order valence-corrected chi connectivity index (χ1v) is 5.39. The Hall–Kier alpha value is -1.03. The molecule has 1 amide bonds. The van der Waals surface area contributed by atoms with Crippen LogP contribution in [-0.4, -0.2) is 13.0 Å². The van der Waals surface area contributed by atoms with E-state index in [0.29, 0.717) is 10.8 Å². The van der Waals surface area contributed by atoms with Crippen LogP contribution in [0.4, 0.5) is 0 Å². The van der Waals surface area contributed by atoms with Gasteiger partial charge in [-0.3, -0.25) is 4.79 Å². The molecule has 1 unspecified atom stereocenters. The van der Waals surface area contributed by atoms with E-state index in [-0.39, 0.29) is 5.91 Å². The molecule has 0 aliphatic carbocycles. The van der Waals surface area contributed by atoms with Gasteiger partial charge < -0.3 is 10.5 Å². The first-order valence-electron chi connectivity index (χ1n) is 4.57. The van der Waals surface area contributed by atoms with E-state index in [2.05, 4.69) is 13.8 Å². The Labute approximate surface area is 87.9 Å². The molecule has 1 rings (SSSR count). The van der Waals surface area contributed by atoms with Crippen molar-refractivity contribution in [1.29, 1.82) is 0 Å². The van der Waals surface area contributed by atoms with Crippen molar-refractivity contribution in [3.63, 3.8) is 0 Å². The van der Waals surface area contributed by atoms with Crippen LogP contribution in [0.1, 0.15) is 41.4 Å². The largest absolute Gasteiger partial charge is 0.487 e. The van der Waals surface area contributed by atoms with Crippen molar-refractivity contribution in [1.82, 2.24) is 0 Å². The third-order valence-electron chi connectivity index (χ3n) is 2.30. The van der Waals surface area contributed by atoms with E-state index in [4.69, 9.17) is 10.5 Å². The van der Waals surface area contributed by atoms with Crippen LogP contribution in [0.15, 0.2) is 6.07 Å². The Kier molecular flexibility index (Phi) is 3.52. The van der Waals surface area contributed by atoms with Crippen LogP contribution in [0.25, 0.3) is 0 Å². The van der Waals surface area contributed by atoms with Gasteiger partial charge in [-0.1, -0.05) is 25.2 Å². The van der Waals surface area contributed by atoms with Crippen LogP contribution in [0.2, 0.25) is 0 Å². The van der Waals surface area contributed by atoms with Gasteiger partial charge in [-0.05, 0) is 18.4 Å². The number of carbonyl (C=O) groups is 1. The Balaban J connectivity index is 3.08. The predicted octanol–water partition coefficient (Wildman–Crippen LogP) is 2.37. The van der Waals surface area contributed by atoms with Gasteiger partial charge in [-0.15, -0.1) is 0 Å². The highest BCUT2D eigenvalue weighted by Crippen LogP contribution is 2.36. The maximum atomic E-state index is 11.0. The topological polar surface area (TPSA) is 52.3 Å². The van der Waals surface area contributed by atoms with Crippen molar-refractivity contribution in [2.24, 2.45) is 5.73 Å². The van der Waals surface area contributed by atoms with E-state index in [9.17, 15) is 4.79 Å². The van der Waals surface area contributed by atoms with Crippen molar-refractivity contribution < 1.29 is 9.53 Å². The molecule has 0 bridgehead atoms. The van der Waals surface area contributed by atoms with E-state index >= 15 is 0 Å². The van der Waals surface area contributed by atoms with Crippen LogP contribution < -0.4 is 10.5 Å². The van der Waals surface area contributed by atoms with Crippen LogP contribution in [0.3, 0.4) is 0 Å². The van der Waals surface area contributed by atoms with Crippen molar-refractivity contribution in [2.45, 2.75) is 26.2 Å². The van der Waals surface area contributed by atoms with E-state index in [1.807, 2.05) is 6.07 Å². The molecule has 1 aromatic heterocycles. The van der Waals surface area contributed by atoms with Crippen LogP contribution in [-0.2, 0) is 0 Å². The summed E-state index contributed by atoms with van der Waals surface area (Å²) < 4.78 is 5.21. The fourth-order valence-corrected chi connectivity index (χ4v) is 2.18. The summed E-state index contributed by atoms with van der Waals surface area (Å²) in [5.41, 5.74) is 6.29. The molecule has 0 spiro atoms. The third-order valence-corrected chi connectivity index (χ3v) is 3.42. The van der Waals surface area contributed by atoms with Gasteiger partial charge in [0, 0.05) is 5.56 Å². The van der Waals surface area contributed by atoms with Crippen molar-refractivity contribution in [2.75, 3.05) is 7.11 Å². The Bertz CT molecular complexity index is 333. The molecule has 0 aromatic carbocycles. The number of rotatable bonds is 4. The molecule has 0 saturated heterocycles. The van der Waals surface area contributed by atoms with E-state index < -0.39 is 0 Å². The van der Waals surface area contributed by atoms with Gasteiger partial charge in [0.1, 0.15) is 0 Å². The number of thiophene rings is 1. The SMILES string of the molecule is CCC(C)c1cc(C(N)=O)sc1OC. The van der Waals surface area contributed by atoms with Gasteiger partial charge in [-0.25, -0.2) is 0 Å². The van der Waals surface area contributed by atoms with E-state index in [0.717, 1.165) is 17.0 Å². The molecule has 3 nitrogen and oxygen atoms in total. The molecular formula is C10H15NO2S. The lowest BCUT2D eigenvalue weighted by molar-refractivity contribution is 0.100. The maximum absolute atomic E-state index is 11.0. The van der Waals surface area contributed by atoms with Crippen LogP contribution >= 0.6 is 11.3 Å². The number of ether oxygens (including phenoxy) is 1. The highest BCUT2D eigenvalue weighted by atomic mass is 32.1. The number of hydrogen-bond donors (Lipinski definition) is 1. The minimum Gasteiger partial charge on any atom is -0.487 e. The average molecular weight is 213 g/mol. The first-order chi connectivity index (χ1) is 6.60. The Morgan fingerprint density at radius 2 is 2.36 bits per heavy atom. The summed E-state index contributed by atoms with van der Waals surface area (Å²) in [5.74, 6) is 0.0113. The Morgan fingerprint density at radius 1 is 1.71 bits per heavy atom. The molecule has 1 heterocycles. The van der Waals surface area contributed by atoms with Crippen molar-refractivity contribution in [3.8, 4) is 5.06 Å². The zero-order chi connectivity index (χ0) is 10.7. The van der Waals surface area contributed by atoms with Gasteiger partial charge >= 0.3 is 0 Å². The molecule has 0 aliphatic rings. The number of nitrogens with two attached hydrogens (primary N) is 1. The zero-order valence-electron chi connectivity index (χ0n) is 8.66. The molecule has 0 saturated carbocycles. The second-order valence-electron chi connectivity index (χ2n) is 3.23. The molecule has 1 atom stereocenters. The quantitative estimate of drug-likeness (QED) is 0.834. The summed E-state index contributed by atoms with van der Waals surface area (Å²) in [6, 6.07) is 1.83. The lowest BCUT2D eigenvalue weighted by atomic mass is 10.0. The summed E-state index contributed by atoms with van der Waals surface area (Å²) in [6.45, 7) is 4.21. The molecular weight excluding hydrogens is 198 g/mol. The standard InChI is InChI=1S/C10H15NO2S/c1-4-6(2)7-5-8(9(11)12)14-10(7)13-3/h5-6H,4H2,1-3H3,(H2,11,12). The van der Waals surface area contributed by atoms with E-state index in [1.165, 1.54) is 11.3 Å². The van der Waals surface area contributed by atoms with Crippen molar-refractivity contribution >= 4 is 17.2 Å². The lowest BCUT2D eigenvalue weighted by Crippen LogP contribution is -2.08. The minimum absolute atomic E-state index is 0.386. The molecule has 0 aliphatic heterocycles. The monoisotopic (exact) mass is 213 g/mol. The smallest absolute Gasteiger partial charge is 0.258 e. The van der Waals surface area contributed by atoms with E-state index in [1.54, 1.807) is 7.11 Å². The normalized spacial score (nSPS) is 12.5. The summed E-state index contributed by atoms with van der Waals surface area (Å²) in [7, 11) is 1.61. The van der Waals surface area contributed by atoms with Gasteiger partial charge in [0.05, 0.1) is 12.0 Å². The van der Waals surface area contributed by atoms with Crippen LogP contribution in [0.5, 0.6) is 5.06 Å². The highest BCUT2D eigenvalue weighted by Gasteiger charge is 2.16. The number of hydrogen-bond acceptors (Lipinski definition) is 3. The zero-order valence-corrected chi connectivity index (χ0v) is 9.48. The lowest BCUT2D eigenvalue weighted by Gasteiger charge is -2.07. The predicted molar refractivity (Wildman–Crippen MR) is 58.1 cm³/mol. The molecule has 78 valence electrons. The Morgan fingerprint density at radius 3 is 2.79 bits per heavy atom. The second-order valence-corrected chi connectivity index (χ2v) is 4.25. The fraction of sp³-hybridized carbons (Fsp3) is 0.500. The summed E-state index contributed by atoms with van der Waals surface area (Å²) >= 11 is 1.31. The molecule has 1 aromatic rings. The number of carbonyl (C=O) groups excluding carboxylic acids is 1. The molecule has 14 heavy (non-hydrogen) atoms. The number of methoxy groups -OCH3 is 1. The first kappa shape index (κ1) is 11.0. The maximum Gasteiger partial charge on any atom is 0.258 e. The summed E-state index contributed by atoms with van der Waals surface area (Å²) in [4.78, 5) is 11.5.